The minimum absolute atomic E-state index is 0.155. The van der Waals surface area contributed by atoms with Crippen molar-refractivity contribution in [2.45, 2.75) is 6.61 Å². The molecule has 1 aromatic carbocycles. The Labute approximate surface area is 118 Å². The van der Waals surface area contributed by atoms with E-state index in [1.165, 1.54) is 23.5 Å². The molecule has 0 amide bonds. The Morgan fingerprint density at radius 3 is 2.83 bits per heavy atom. The number of thiophene rings is 1. The largest absolute Gasteiger partial charge is 0.456 e. The molecule has 0 spiro atoms. The lowest BCUT2D eigenvalue weighted by Crippen LogP contribution is -2.06. The van der Waals surface area contributed by atoms with Gasteiger partial charge in [-0.2, -0.15) is 0 Å². The van der Waals surface area contributed by atoms with Crippen molar-refractivity contribution in [3.8, 4) is 0 Å². The summed E-state index contributed by atoms with van der Waals surface area (Å²) in [7, 11) is 0. The summed E-state index contributed by atoms with van der Waals surface area (Å²) in [4.78, 5) is 12.8. The second kappa shape index (κ2) is 5.61. The van der Waals surface area contributed by atoms with Crippen molar-refractivity contribution in [3.63, 3.8) is 0 Å². The van der Waals surface area contributed by atoms with Crippen molar-refractivity contribution in [1.29, 1.82) is 0 Å². The predicted octanol–water partition coefficient (Wildman–Crippen LogP) is 3.99. The minimum Gasteiger partial charge on any atom is -0.456 e. The van der Waals surface area contributed by atoms with E-state index in [0.717, 1.165) is 4.88 Å². The second-order valence-electron chi connectivity index (χ2n) is 3.52. The zero-order chi connectivity index (χ0) is 13.1. The van der Waals surface area contributed by atoms with E-state index in [-0.39, 0.29) is 22.2 Å². The summed E-state index contributed by atoms with van der Waals surface area (Å²) in [6.45, 7) is 0.208. The Morgan fingerprint density at radius 1 is 1.39 bits per heavy atom. The van der Waals surface area contributed by atoms with Crippen molar-refractivity contribution in [2.75, 3.05) is 5.73 Å². The van der Waals surface area contributed by atoms with Gasteiger partial charge in [0.1, 0.15) is 6.61 Å². The van der Waals surface area contributed by atoms with Crippen molar-refractivity contribution < 1.29 is 9.53 Å². The average molecular weight is 302 g/mol. The second-order valence-corrected chi connectivity index (χ2v) is 5.34. The fourth-order valence-electron chi connectivity index (χ4n) is 1.37. The first kappa shape index (κ1) is 13.2. The molecule has 1 heterocycles. The van der Waals surface area contributed by atoms with Crippen LogP contribution in [0.15, 0.2) is 29.6 Å². The first-order chi connectivity index (χ1) is 8.58. The number of halogens is 2. The highest BCUT2D eigenvalue weighted by Gasteiger charge is 2.15. The number of carbonyl (C=O) groups excluding carboxylic acids is 1. The molecule has 0 saturated heterocycles. The molecule has 6 heteroatoms. The summed E-state index contributed by atoms with van der Waals surface area (Å²) < 4.78 is 5.14. The summed E-state index contributed by atoms with van der Waals surface area (Å²) in [5.41, 5.74) is 6.15. The molecule has 0 aliphatic rings. The van der Waals surface area contributed by atoms with E-state index in [9.17, 15) is 4.79 Å². The highest BCUT2D eigenvalue weighted by atomic mass is 35.5. The van der Waals surface area contributed by atoms with Gasteiger partial charge >= 0.3 is 5.97 Å². The van der Waals surface area contributed by atoms with Crippen LogP contribution in [0.5, 0.6) is 0 Å². The molecule has 0 unspecified atom stereocenters. The maximum atomic E-state index is 11.8. The zero-order valence-corrected chi connectivity index (χ0v) is 11.5. The smallest absolute Gasteiger partial charge is 0.340 e. The van der Waals surface area contributed by atoms with Crippen LogP contribution in [0.25, 0.3) is 0 Å². The van der Waals surface area contributed by atoms with Gasteiger partial charge in [0, 0.05) is 10.6 Å². The van der Waals surface area contributed by atoms with Crippen LogP contribution < -0.4 is 5.73 Å². The summed E-state index contributed by atoms with van der Waals surface area (Å²) >= 11 is 13.3. The van der Waals surface area contributed by atoms with E-state index in [4.69, 9.17) is 33.7 Å². The molecule has 0 radical (unpaired) electrons. The Kier molecular flexibility index (Phi) is 4.11. The molecule has 0 bridgehead atoms. The number of hydrogen-bond donors (Lipinski definition) is 1. The van der Waals surface area contributed by atoms with E-state index in [1.54, 1.807) is 0 Å². The number of nitrogen functional groups attached to an aromatic ring is 1. The molecule has 3 nitrogen and oxygen atoms in total. The van der Waals surface area contributed by atoms with Gasteiger partial charge < -0.3 is 10.5 Å². The number of rotatable bonds is 3. The van der Waals surface area contributed by atoms with E-state index in [2.05, 4.69) is 0 Å². The third kappa shape index (κ3) is 2.96. The molecular weight excluding hydrogens is 293 g/mol. The lowest BCUT2D eigenvalue weighted by Gasteiger charge is -2.07. The number of nitrogens with two attached hydrogens (primary N) is 1. The number of benzene rings is 1. The van der Waals surface area contributed by atoms with Crippen LogP contribution in [0, 0.1) is 0 Å². The Morgan fingerprint density at radius 2 is 2.17 bits per heavy atom. The molecular formula is C12H9Cl2NO2S. The van der Waals surface area contributed by atoms with E-state index >= 15 is 0 Å². The Balaban J connectivity index is 2.14. The van der Waals surface area contributed by atoms with E-state index in [0.29, 0.717) is 5.69 Å². The first-order valence-corrected chi connectivity index (χ1v) is 6.65. The molecule has 18 heavy (non-hydrogen) atoms. The van der Waals surface area contributed by atoms with Gasteiger partial charge in [-0.1, -0.05) is 29.3 Å². The highest BCUT2D eigenvalue weighted by Crippen LogP contribution is 2.29. The molecule has 2 aromatic rings. The Hall–Kier alpha value is -1.23. The number of esters is 1. The summed E-state index contributed by atoms with van der Waals surface area (Å²) in [5, 5.41) is 2.30. The third-order valence-electron chi connectivity index (χ3n) is 2.20. The van der Waals surface area contributed by atoms with E-state index in [1.807, 2.05) is 17.5 Å². The quantitative estimate of drug-likeness (QED) is 0.689. The Bertz CT molecular complexity index is 570. The molecule has 0 aliphatic carbocycles. The maximum absolute atomic E-state index is 11.8. The van der Waals surface area contributed by atoms with Gasteiger partial charge in [-0.05, 0) is 23.6 Å². The number of ether oxygens (including phenoxy) is 1. The lowest BCUT2D eigenvalue weighted by molar-refractivity contribution is 0.0477. The molecule has 94 valence electrons. The van der Waals surface area contributed by atoms with Gasteiger partial charge in [0.2, 0.25) is 0 Å². The van der Waals surface area contributed by atoms with Gasteiger partial charge in [-0.15, -0.1) is 11.3 Å². The molecule has 0 atom stereocenters. The van der Waals surface area contributed by atoms with Gasteiger partial charge in [0.25, 0.3) is 0 Å². The van der Waals surface area contributed by atoms with Crippen LogP contribution in [0.4, 0.5) is 5.69 Å². The molecule has 2 N–H and O–H groups in total. The number of anilines is 1. The van der Waals surface area contributed by atoms with Crippen molar-refractivity contribution >= 4 is 46.2 Å². The molecule has 0 fully saturated rings. The zero-order valence-electron chi connectivity index (χ0n) is 9.15. The van der Waals surface area contributed by atoms with Gasteiger partial charge in [0.05, 0.1) is 15.6 Å². The molecule has 2 rings (SSSR count). The van der Waals surface area contributed by atoms with Crippen LogP contribution in [0.1, 0.15) is 15.2 Å². The number of carbonyl (C=O) groups is 1. The van der Waals surface area contributed by atoms with Crippen molar-refractivity contribution in [1.82, 2.24) is 0 Å². The van der Waals surface area contributed by atoms with Gasteiger partial charge in [-0.3, -0.25) is 0 Å². The molecule has 1 aromatic heterocycles. The molecule has 0 saturated carbocycles. The first-order valence-electron chi connectivity index (χ1n) is 5.02. The van der Waals surface area contributed by atoms with Crippen LogP contribution in [-0.4, -0.2) is 5.97 Å². The average Bonchev–Trinajstić information content (AvgIpc) is 2.83. The van der Waals surface area contributed by atoms with Gasteiger partial charge in [-0.25, -0.2) is 4.79 Å². The third-order valence-corrected chi connectivity index (χ3v) is 3.85. The monoisotopic (exact) mass is 301 g/mol. The van der Waals surface area contributed by atoms with Gasteiger partial charge in [0.15, 0.2) is 0 Å². The summed E-state index contributed by atoms with van der Waals surface area (Å²) in [5.74, 6) is -0.539. The fourth-order valence-corrected chi connectivity index (χ4v) is 2.40. The van der Waals surface area contributed by atoms with Crippen LogP contribution in [0.3, 0.4) is 0 Å². The fraction of sp³-hybridized carbons (Fsp3) is 0.0833. The summed E-state index contributed by atoms with van der Waals surface area (Å²) in [6, 6.07) is 6.70. The normalized spacial score (nSPS) is 10.3. The minimum atomic E-state index is -0.539. The van der Waals surface area contributed by atoms with Crippen LogP contribution in [0.2, 0.25) is 10.0 Å². The van der Waals surface area contributed by atoms with E-state index < -0.39 is 5.97 Å². The molecule has 0 aliphatic heterocycles. The van der Waals surface area contributed by atoms with Crippen molar-refractivity contribution in [3.05, 3.63) is 50.1 Å². The number of hydrogen-bond acceptors (Lipinski definition) is 4. The topological polar surface area (TPSA) is 52.3 Å². The maximum Gasteiger partial charge on any atom is 0.340 e. The SMILES string of the molecule is Nc1cc(Cl)c(Cl)c(C(=O)OCc2cccs2)c1. The summed E-state index contributed by atoms with van der Waals surface area (Å²) in [6.07, 6.45) is 0. The standard InChI is InChI=1S/C12H9Cl2NO2S/c13-10-5-7(15)4-9(11(10)14)12(16)17-6-8-2-1-3-18-8/h1-5H,6,15H2. The lowest BCUT2D eigenvalue weighted by atomic mass is 10.2. The van der Waals surface area contributed by atoms with Crippen LogP contribution in [-0.2, 0) is 11.3 Å². The van der Waals surface area contributed by atoms with Crippen LogP contribution >= 0.6 is 34.5 Å². The predicted molar refractivity (Wildman–Crippen MR) is 74.3 cm³/mol. The van der Waals surface area contributed by atoms with Crippen molar-refractivity contribution in [2.24, 2.45) is 0 Å². The highest BCUT2D eigenvalue weighted by molar-refractivity contribution is 7.09.